The van der Waals surface area contributed by atoms with E-state index in [2.05, 4.69) is 41.5 Å². The molecule has 17 nitrogen and oxygen atoms in total. The van der Waals surface area contributed by atoms with Crippen molar-refractivity contribution in [2.75, 3.05) is 39.6 Å². The lowest BCUT2D eigenvalue weighted by Gasteiger charge is -2.21. The molecule has 0 aromatic heterocycles. The second-order valence-corrected chi connectivity index (χ2v) is 22.4. The van der Waals surface area contributed by atoms with Crippen molar-refractivity contribution in [3.63, 3.8) is 0 Å². The number of hydrogen-bond acceptors (Lipinski definition) is 15. The largest absolute Gasteiger partial charge is 0.472 e. The first-order valence-corrected chi connectivity index (χ1v) is 30.0. The lowest BCUT2D eigenvalue weighted by molar-refractivity contribution is -0.161. The smallest absolute Gasteiger partial charge is 0.462 e. The number of phosphoric ester groups is 2. The molecule has 0 aromatic rings. The van der Waals surface area contributed by atoms with Gasteiger partial charge in [-0.2, -0.15) is 0 Å². The van der Waals surface area contributed by atoms with E-state index in [0.29, 0.717) is 37.5 Å². The molecule has 0 aliphatic rings. The van der Waals surface area contributed by atoms with Gasteiger partial charge in [0.25, 0.3) is 0 Å². The number of aliphatic hydroxyl groups is 1. The standard InChI is InChI=1S/C51H98O17P2/c1-7-9-11-13-14-23-29-35-50(55)67-46(39-61-48(53)33-27-19-12-10-8-2)41-65-69(57,58)63-37-45(52)38-64-70(59,60)66-42-47(68-51(56)36-30-24-18-16-21-26-32-44(5)6)40-62-49(54)34-28-22-17-15-20-25-31-43(3)4/h43-47,52H,7-42H2,1-6H3,(H,57,58)(H,59,60)/t45-,46+,47+/m0/s1. The van der Waals surface area contributed by atoms with Gasteiger partial charge in [0.2, 0.25) is 0 Å². The van der Waals surface area contributed by atoms with Gasteiger partial charge in [-0.15, -0.1) is 0 Å². The van der Waals surface area contributed by atoms with E-state index in [4.69, 9.17) is 37.0 Å². The second-order valence-electron chi connectivity index (χ2n) is 19.5. The van der Waals surface area contributed by atoms with Gasteiger partial charge in [-0.05, 0) is 37.5 Å². The number of aliphatic hydroxyl groups excluding tert-OH is 1. The molecule has 0 aliphatic heterocycles. The fourth-order valence-electron chi connectivity index (χ4n) is 7.23. The molecule has 0 aromatic carbocycles. The van der Waals surface area contributed by atoms with E-state index in [1.165, 1.54) is 25.7 Å². The molecule has 0 bridgehead atoms. The minimum absolute atomic E-state index is 0.101. The summed E-state index contributed by atoms with van der Waals surface area (Å²) in [7, 11) is -9.84. The van der Waals surface area contributed by atoms with Crippen LogP contribution in [0.1, 0.15) is 234 Å². The summed E-state index contributed by atoms with van der Waals surface area (Å²) in [5, 5.41) is 10.4. The average molecular weight is 1050 g/mol. The first kappa shape index (κ1) is 68.1. The third kappa shape index (κ3) is 45.9. The Kier molecular flexibility index (Phi) is 43.3. The molecule has 0 rings (SSSR count). The van der Waals surface area contributed by atoms with E-state index in [-0.39, 0.29) is 25.7 Å². The SMILES string of the molecule is CCCCCCCCCC(=O)O[C@H](COC(=O)CCCCCCC)COP(=O)(O)OC[C@H](O)COP(=O)(O)OC[C@@H](COC(=O)CCCCCCCCC(C)C)OC(=O)CCCCCCCCC(C)C. The van der Waals surface area contributed by atoms with Gasteiger partial charge in [-0.3, -0.25) is 37.3 Å². The van der Waals surface area contributed by atoms with Crippen molar-refractivity contribution in [1.82, 2.24) is 0 Å². The van der Waals surface area contributed by atoms with Crippen molar-refractivity contribution in [3.8, 4) is 0 Å². The molecular weight excluding hydrogens is 946 g/mol. The summed E-state index contributed by atoms with van der Waals surface area (Å²) in [5.41, 5.74) is 0. The quantitative estimate of drug-likeness (QED) is 0.0222. The number of rotatable bonds is 50. The molecule has 0 radical (unpaired) electrons. The van der Waals surface area contributed by atoms with Crippen molar-refractivity contribution in [2.24, 2.45) is 11.8 Å². The topological polar surface area (TPSA) is 237 Å². The van der Waals surface area contributed by atoms with E-state index in [9.17, 15) is 43.2 Å². The van der Waals surface area contributed by atoms with Gasteiger partial charge in [0, 0.05) is 25.7 Å². The van der Waals surface area contributed by atoms with Gasteiger partial charge in [0.1, 0.15) is 19.3 Å². The van der Waals surface area contributed by atoms with Gasteiger partial charge >= 0.3 is 39.5 Å². The number of ether oxygens (including phenoxy) is 4. The number of unbranched alkanes of at least 4 members (excludes halogenated alkanes) is 20. The van der Waals surface area contributed by atoms with Gasteiger partial charge in [-0.25, -0.2) is 9.13 Å². The van der Waals surface area contributed by atoms with Crippen molar-refractivity contribution in [2.45, 2.75) is 252 Å². The Morgan fingerprint density at radius 2 is 0.657 bits per heavy atom. The minimum Gasteiger partial charge on any atom is -0.462 e. The molecule has 0 spiro atoms. The maximum absolute atomic E-state index is 12.8. The molecule has 414 valence electrons. The van der Waals surface area contributed by atoms with Crippen LogP contribution in [0.25, 0.3) is 0 Å². The third-order valence-corrected chi connectivity index (χ3v) is 13.4. The van der Waals surface area contributed by atoms with Crippen LogP contribution in [0, 0.1) is 11.8 Å². The Morgan fingerprint density at radius 3 is 0.971 bits per heavy atom. The molecule has 0 saturated carbocycles. The highest BCUT2D eigenvalue weighted by Crippen LogP contribution is 2.45. The first-order valence-electron chi connectivity index (χ1n) is 27.0. The number of phosphoric acid groups is 2. The van der Waals surface area contributed by atoms with Crippen LogP contribution < -0.4 is 0 Å². The molecule has 5 atom stereocenters. The predicted octanol–water partition coefficient (Wildman–Crippen LogP) is 12.6. The summed E-state index contributed by atoms with van der Waals surface area (Å²) >= 11 is 0. The average Bonchev–Trinajstić information content (AvgIpc) is 3.30. The molecular formula is C51H98O17P2. The van der Waals surface area contributed by atoms with Gasteiger partial charge in [-0.1, -0.05) is 183 Å². The summed E-state index contributed by atoms with van der Waals surface area (Å²) in [6, 6.07) is 0. The van der Waals surface area contributed by atoms with Crippen molar-refractivity contribution in [3.05, 3.63) is 0 Å². The fourth-order valence-corrected chi connectivity index (χ4v) is 8.81. The summed E-state index contributed by atoms with van der Waals surface area (Å²) in [5.74, 6) is -0.826. The molecule has 0 fully saturated rings. The fraction of sp³-hybridized carbons (Fsp3) is 0.922. The van der Waals surface area contributed by atoms with E-state index >= 15 is 0 Å². The summed E-state index contributed by atoms with van der Waals surface area (Å²) in [4.78, 5) is 71.1. The molecule has 19 heteroatoms. The summed E-state index contributed by atoms with van der Waals surface area (Å²) in [6.07, 6.45) is 22.0. The number of carbonyl (C=O) groups is 4. The van der Waals surface area contributed by atoms with Gasteiger partial charge < -0.3 is 33.8 Å². The van der Waals surface area contributed by atoms with Crippen LogP contribution in [0.2, 0.25) is 0 Å². The Bertz CT molecular complexity index is 1410. The van der Waals surface area contributed by atoms with Crippen LogP contribution in [0.15, 0.2) is 0 Å². The van der Waals surface area contributed by atoms with Crippen LogP contribution in [0.3, 0.4) is 0 Å². The number of hydrogen-bond donors (Lipinski definition) is 3. The Labute approximate surface area is 422 Å². The molecule has 0 aliphatic carbocycles. The van der Waals surface area contributed by atoms with Crippen LogP contribution in [-0.2, 0) is 65.4 Å². The highest BCUT2D eigenvalue weighted by atomic mass is 31.2. The molecule has 0 saturated heterocycles. The Balaban J connectivity index is 5.18. The molecule has 0 amide bonds. The Morgan fingerprint density at radius 1 is 0.386 bits per heavy atom. The summed E-state index contributed by atoms with van der Waals surface area (Å²) < 4.78 is 67.0. The zero-order valence-corrected chi connectivity index (χ0v) is 46.1. The van der Waals surface area contributed by atoms with Gasteiger partial charge in [0.05, 0.1) is 26.4 Å². The van der Waals surface area contributed by atoms with Crippen LogP contribution >= 0.6 is 15.6 Å². The van der Waals surface area contributed by atoms with Gasteiger partial charge in [0.15, 0.2) is 12.2 Å². The van der Waals surface area contributed by atoms with Crippen LogP contribution in [0.5, 0.6) is 0 Å². The lowest BCUT2D eigenvalue weighted by atomic mass is 10.0. The lowest BCUT2D eigenvalue weighted by Crippen LogP contribution is -2.30. The maximum atomic E-state index is 12.8. The number of esters is 4. The van der Waals surface area contributed by atoms with E-state index < -0.39 is 97.5 Å². The van der Waals surface area contributed by atoms with E-state index in [1.54, 1.807) is 0 Å². The van der Waals surface area contributed by atoms with Crippen molar-refractivity contribution < 1.29 is 80.2 Å². The van der Waals surface area contributed by atoms with E-state index in [1.807, 2.05) is 0 Å². The zero-order chi connectivity index (χ0) is 52.3. The van der Waals surface area contributed by atoms with Crippen molar-refractivity contribution in [1.29, 1.82) is 0 Å². The second kappa shape index (κ2) is 44.5. The third-order valence-electron chi connectivity index (χ3n) is 11.5. The minimum atomic E-state index is -4.93. The van der Waals surface area contributed by atoms with Crippen LogP contribution in [-0.4, -0.2) is 96.7 Å². The maximum Gasteiger partial charge on any atom is 0.472 e. The molecule has 3 N–H and O–H groups in total. The predicted molar refractivity (Wildman–Crippen MR) is 271 cm³/mol. The Hall–Kier alpha value is -1.94. The molecule has 2 unspecified atom stereocenters. The van der Waals surface area contributed by atoms with Crippen LogP contribution in [0.4, 0.5) is 0 Å². The van der Waals surface area contributed by atoms with Crippen molar-refractivity contribution >= 4 is 39.5 Å². The monoisotopic (exact) mass is 1040 g/mol. The zero-order valence-electron chi connectivity index (χ0n) is 44.3. The van der Waals surface area contributed by atoms with E-state index in [0.717, 1.165) is 116 Å². The normalized spacial score (nSPS) is 14.7. The highest BCUT2D eigenvalue weighted by molar-refractivity contribution is 7.47. The number of carbonyl (C=O) groups excluding carboxylic acids is 4. The molecule has 0 heterocycles. The highest BCUT2D eigenvalue weighted by Gasteiger charge is 2.30. The summed E-state index contributed by atoms with van der Waals surface area (Å²) in [6.45, 7) is 9.07. The molecule has 70 heavy (non-hydrogen) atoms. The first-order chi connectivity index (χ1) is 33.4.